The van der Waals surface area contributed by atoms with E-state index >= 15 is 0 Å². The molecule has 1 aromatic heterocycles. The third kappa shape index (κ3) is 4.50. The number of nitrogens with one attached hydrogen (secondary N) is 2. The summed E-state index contributed by atoms with van der Waals surface area (Å²) in [5.74, 6) is -1.11. The first kappa shape index (κ1) is 13.0. The van der Waals surface area contributed by atoms with E-state index in [4.69, 9.17) is 5.11 Å². The quantitative estimate of drug-likeness (QED) is 0.678. The second-order valence-corrected chi connectivity index (χ2v) is 3.36. The molecule has 0 aliphatic heterocycles. The average Bonchev–Trinajstić information content (AvgIpc) is 2.29. The number of amides is 1. The summed E-state index contributed by atoms with van der Waals surface area (Å²) in [5, 5.41) is 14.0. The Kier molecular flexibility index (Phi) is 4.93. The topological polar surface area (TPSA) is 91.3 Å². The largest absolute Gasteiger partial charge is 0.481 e. The Morgan fingerprint density at radius 3 is 2.88 bits per heavy atom. The van der Waals surface area contributed by atoms with E-state index in [2.05, 4.69) is 15.6 Å². The van der Waals surface area contributed by atoms with Gasteiger partial charge in [0.2, 0.25) is 0 Å². The monoisotopic (exact) mass is 237 g/mol. The molecule has 0 aliphatic carbocycles. The number of carbonyl (C=O) groups is 2. The molecule has 0 saturated heterocycles. The molecule has 1 rings (SSSR count). The van der Waals surface area contributed by atoms with Gasteiger partial charge in [-0.15, -0.1) is 0 Å². The van der Waals surface area contributed by atoms with Crippen LogP contribution in [-0.2, 0) is 4.79 Å². The maximum absolute atomic E-state index is 11.5. The molecule has 1 amide bonds. The van der Waals surface area contributed by atoms with E-state index < -0.39 is 5.97 Å². The molecule has 0 radical (unpaired) electrons. The molecule has 6 heteroatoms. The zero-order valence-corrected chi connectivity index (χ0v) is 9.56. The zero-order chi connectivity index (χ0) is 12.7. The van der Waals surface area contributed by atoms with Gasteiger partial charge in [-0.05, 0) is 19.1 Å². The van der Waals surface area contributed by atoms with Gasteiger partial charge in [-0.25, -0.2) is 0 Å². The molecule has 0 spiro atoms. The summed E-state index contributed by atoms with van der Waals surface area (Å²) in [7, 11) is 0. The van der Waals surface area contributed by atoms with Crippen LogP contribution in [0.25, 0.3) is 0 Å². The minimum absolute atomic E-state index is 0.0266. The summed E-state index contributed by atoms with van der Waals surface area (Å²) in [4.78, 5) is 25.7. The number of hydrogen-bond acceptors (Lipinski definition) is 4. The summed E-state index contributed by atoms with van der Waals surface area (Å²) in [6, 6.07) is 3.28. The predicted octanol–water partition coefficient (Wildman–Crippen LogP) is 0.718. The lowest BCUT2D eigenvalue weighted by Gasteiger charge is -2.06. The molecule has 3 N–H and O–H groups in total. The van der Waals surface area contributed by atoms with Crippen LogP contribution in [0.4, 0.5) is 5.69 Å². The van der Waals surface area contributed by atoms with E-state index in [1.54, 1.807) is 12.1 Å². The third-order valence-electron chi connectivity index (χ3n) is 2.00. The van der Waals surface area contributed by atoms with Crippen LogP contribution in [0.1, 0.15) is 23.8 Å². The zero-order valence-electron chi connectivity index (χ0n) is 9.56. The number of aromatic nitrogens is 1. The van der Waals surface area contributed by atoms with Crippen LogP contribution in [-0.4, -0.2) is 35.1 Å². The number of carboxylic acid groups (broad SMARTS) is 1. The van der Waals surface area contributed by atoms with Crippen molar-refractivity contribution in [2.75, 3.05) is 18.4 Å². The van der Waals surface area contributed by atoms with E-state index in [1.807, 2.05) is 6.92 Å². The second kappa shape index (κ2) is 6.47. The molecule has 17 heavy (non-hydrogen) atoms. The first-order chi connectivity index (χ1) is 8.13. The lowest BCUT2D eigenvalue weighted by atomic mass is 10.3. The highest BCUT2D eigenvalue weighted by Gasteiger charge is 2.06. The van der Waals surface area contributed by atoms with Crippen molar-refractivity contribution >= 4 is 17.6 Å². The Balaban J connectivity index is 2.59. The van der Waals surface area contributed by atoms with Crippen LogP contribution in [0, 0.1) is 0 Å². The highest BCUT2D eigenvalue weighted by Crippen LogP contribution is 2.07. The van der Waals surface area contributed by atoms with Gasteiger partial charge in [-0.3, -0.25) is 14.6 Å². The van der Waals surface area contributed by atoms with Gasteiger partial charge >= 0.3 is 5.97 Å². The Labute approximate surface area is 99.1 Å². The average molecular weight is 237 g/mol. The maximum atomic E-state index is 11.5. The first-order valence-corrected chi connectivity index (χ1v) is 5.33. The molecule has 0 unspecified atom stereocenters. The number of aliphatic carboxylic acids is 1. The molecular weight excluding hydrogens is 222 g/mol. The van der Waals surface area contributed by atoms with E-state index in [1.165, 1.54) is 6.20 Å². The van der Waals surface area contributed by atoms with Crippen molar-refractivity contribution in [2.45, 2.75) is 13.3 Å². The highest BCUT2D eigenvalue weighted by atomic mass is 16.4. The lowest BCUT2D eigenvalue weighted by molar-refractivity contribution is -0.136. The molecule has 0 fully saturated rings. The Hall–Kier alpha value is -2.11. The third-order valence-corrected chi connectivity index (χ3v) is 2.00. The fourth-order valence-corrected chi connectivity index (χ4v) is 1.23. The molecule has 0 bridgehead atoms. The standard InChI is InChI=1S/C11H15N3O3/c1-2-12-11(17)9-7-8(3-5-14-9)13-6-4-10(15)16/h3,5,7H,2,4,6H2,1H3,(H,12,17)(H,13,14)(H,15,16). The van der Waals surface area contributed by atoms with Gasteiger partial charge < -0.3 is 15.7 Å². The van der Waals surface area contributed by atoms with Crippen molar-refractivity contribution in [3.05, 3.63) is 24.0 Å². The molecule has 0 aromatic carbocycles. The number of pyridine rings is 1. The SMILES string of the molecule is CCNC(=O)c1cc(NCCC(=O)O)ccn1. The number of anilines is 1. The minimum atomic E-state index is -0.865. The van der Waals surface area contributed by atoms with Gasteiger partial charge in [-0.1, -0.05) is 0 Å². The molecule has 92 valence electrons. The lowest BCUT2D eigenvalue weighted by Crippen LogP contribution is -2.23. The molecule has 0 saturated carbocycles. The van der Waals surface area contributed by atoms with E-state index in [0.29, 0.717) is 24.5 Å². The van der Waals surface area contributed by atoms with Crippen molar-refractivity contribution in [3.63, 3.8) is 0 Å². The van der Waals surface area contributed by atoms with Crippen LogP contribution < -0.4 is 10.6 Å². The van der Waals surface area contributed by atoms with Gasteiger partial charge in [-0.2, -0.15) is 0 Å². The number of carbonyl (C=O) groups excluding carboxylic acids is 1. The van der Waals surface area contributed by atoms with Crippen molar-refractivity contribution in [3.8, 4) is 0 Å². The fraction of sp³-hybridized carbons (Fsp3) is 0.364. The van der Waals surface area contributed by atoms with E-state index in [0.717, 1.165) is 0 Å². The summed E-state index contributed by atoms with van der Waals surface area (Å²) in [6.45, 7) is 2.68. The number of rotatable bonds is 6. The summed E-state index contributed by atoms with van der Waals surface area (Å²) < 4.78 is 0. The fourth-order valence-electron chi connectivity index (χ4n) is 1.23. The summed E-state index contributed by atoms with van der Waals surface area (Å²) >= 11 is 0. The summed E-state index contributed by atoms with van der Waals surface area (Å²) in [6.07, 6.45) is 1.53. The molecular formula is C11H15N3O3. The van der Waals surface area contributed by atoms with Crippen molar-refractivity contribution < 1.29 is 14.7 Å². The van der Waals surface area contributed by atoms with Gasteiger partial charge in [0.05, 0.1) is 6.42 Å². The molecule has 1 heterocycles. The smallest absolute Gasteiger partial charge is 0.305 e. The van der Waals surface area contributed by atoms with Crippen LogP contribution in [0.2, 0.25) is 0 Å². The van der Waals surface area contributed by atoms with Gasteiger partial charge in [0, 0.05) is 25.0 Å². The number of carboxylic acids is 1. The van der Waals surface area contributed by atoms with Crippen molar-refractivity contribution in [1.29, 1.82) is 0 Å². The molecule has 0 atom stereocenters. The van der Waals surface area contributed by atoms with Gasteiger partial charge in [0.15, 0.2) is 0 Å². The normalized spacial score (nSPS) is 9.71. The van der Waals surface area contributed by atoms with Gasteiger partial charge in [0.25, 0.3) is 5.91 Å². The van der Waals surface area contributed by atoms with Crippen molar-refractivity contribution in [2.24, 2.45) is 0 Å². The Morgan fingerprint density at radius 2 is 2.24 bits per heavy atom. The van der Waals surface area contributed by atoms with E-state index in [-0.39, 0.29) is 12.3 Å². The van der Waals surface area contributed by atoms with Crippen LogP contribution in [0.15, 0.2) is 18.3 Å². The van der Waals surface area contributed by atoms with Crippen LogP contribution in [0.3, 0.4) is 0 Å². The number of nitrogens with zero attached hydrogens (tertiary/aromatic N) is 1. The minimum Gasteiger partial charge on any atom is -0.481 e. The van der Waals surface area contributed by atoms with Gasteiger partial charge in [0.1, 0.15) is 5.69 Å². The maximum Gasteiger partial charge on any atom is 0.305 e. The molecule has 0 aliphatic rings. The number of hydrogen-bond donors (Lipinski definition) is 3. The Bertz CT molecular complexity index is 407. The van der Waals surface area contributed by atoms with Crippen molar-refractivity contribution in [1.82, 2.24) is 10.3 Å². The predicted molar refractivity (Wildman–Crippen MR) is 63.0 cm³/mol. The Morgan fingerprint density at radius 1 is 1.47 bits per heavy atom. The summed E-state index contributed by atoms with van der Waals surface area (Å²) in [5.41, 5.74) is 0.995. The van der Waals surface area contributed by atoms with E-state index in [9.17, 15) is 9.59 Å². The molecule has 1 aromatic rings. The van der Waals surface area contributed by atoms with Crippen LogP contribution in [0.5, 0.6) is 0 Å². The first-order valence-electron chi connectivity index (χ1n) is 5.33. The second-order valence-electron chi connectivity index (χ2n) is 3.36. The highest BCUT2D eigenvalue weighted by molar-refractivity contribution is 5.93. The molecule has 6 nitrogen and oxygen atoms in total. The van der Waals surface area contributed by atoms with Crippen LogP contribution >= 0.6 is 0 Å².